The summed E-state index contributed by atoms with van der Waals surface area (Å²) < 4.78 is 7.80. The summed E-state index contributed by atoms with van der Waals surface area (Å²) in [7, 11) is 0. The molecule has 0 aliphatic rings. The number of halogens is 1. The highest BCUT2D eigenvalue weighted by Gasteiger charge is 2.11. The van der Waals surface area contributed by atoms with Crippen molar-refractivity contribution < 1.29 is 9.34 Å². The highest BCUT2D eigenvalue weighted by molar-refractivity contribution is 9.10. The lowest BCUT2D eigenvalue weighted by molar-refractivity contribution is -0.402. The van der Waals surface area contributed by atoms with Gasteiger partial charge in [0.15, 0.2) is 5.76 Å². The van der Waals surface area contributed by atoms with Crippen LogP contribution in [0.1, 0.15) is 12.7 Å². The normalized spacial score (nSPS) is 12.0. The lowest BCUT2D eigenvalue weighted by atomic mass is 10.2. The van der Waals surface area contributed by atoms with Gasteiger partial charge in [0, 0.05) is 15.4 Å². The second-order valence-electron chi connectivity index (χ2n) is 5.67. The van der Waals surface area contributed by atoms with E-state index in [2.05, 4.69) is 32.6 Å². The predicted octanol–water partition coefficient (Wildman–Crippen LogP) is 4.84. The predicted molar refractivity (Wildman–Crippen MR) is 109 cm³/mol. The number of furan rings is 1. The molecule has 27 heavy (non-hydrogen) atoms. The Hall–Kier alpha value is -2.78. The Morgan fingerprint density at radius 1 is 1.37 bits per heavy atom. The number of hydrogen-bond acceptors (Lipinski definition) is 6. The third-order valence-corrected chi connectivity index (χ3v) is 4.79. The number of thiazole rings is 1. The zero-order chi connectivity index (χ0) is 19.4. The second-order valence-corrected chi connectivity index (χ2v) is 7.43. The van der Waals surface area contributed by atoms with Crippen LogP contribution in [0.2, 0.25) is 0 Å². The van der Waals surface area contributed by atoms with Gasteiger partial charge in [-0.3, -0.25) is 15.1 Å². The quantitative estimate of drug-likeness (QED) is 0.235. The number of nitro groups is 1. The van der Waals surface area contributed by atoms with Gasteiger partial charge >= 0.3 is 5.88 Å². The Labute approximate surface area is 167 Å². The molecule has 3 rings (SSSR count). The Kier molecular flexibility index (Phi) is 5.82. The summed E-state index contributed by atoms with van der Waals surface area (Å²) in [5, 5.41) is 17.2. The molecule has 0 spiro atoms. The maximum absolute atomic E-state index is 10.8. The fourth-order valence-corrected chi connectivity index (χ4v) is 3.27. The summed E-state index contributed by atoms with van der Waals surface area (Å²) in [4.78, 5) is 15.4. The number of aromatic nitrogens is 1. The molecule has 0 unspecified atom stereocenters. The van der Waals surface area contributed by atoms with Crippen LogP contribution in [0.25, 0.3) is 11.3 Å². The summed E-state index contributed by atoms with van der Waals surface area (Å²) in [5.74, 6) is -0.0416. The molecule has 0 aliphatic carbocycles. The minimum Gasteiger partial charge on any atom is -0.400 e. The topological polar surface area (TPSA) is 85.9 Å². The highest BCUT2D eigenvalue weighted by atomic mass is 79.9. The molecule has 7 nitrogen and oxygen atoms in total. The molecule has 0 saturated heterocycles. The molecule has 0 radical (unpaired) electrons. The third-order valence-electron chi connectivity index (χ3n) is 3.40. The van der Waals surface area contributed by atoms with E-state index in [1.807, 2.05) is 36.6 Å². The summed E-state index contributed by atoms with van der Waals surface area (Å²) in [5.41, 5.74) is 2.75. The van der Waals surface area contributed by atoms with E-state index in [1.54, 1.807) is 4.68 Å². The highest BCUT2D eigenvalue weighted by Crippen LogP contribution is 2.22. The van der Waals surface area contributed by atoms with Gasteiger partial charge in [0.2, 0.25) is 4.80 Å². The summed E-state index contributed by atoms with van der Waals surface area (Å²) in [6.07, 6.45) is 1.43. The molecule has 0 atom stereocenters. The fourth-order valence-electron chi connectivity index (χ4n) is 2.17. The minimum atomic E-state index is -0.587. The van der Waals surface area contributed by atoms with Crippen molar-refractivity contribution in [3.05, 3.63) is 79.1 Å². The van der Waals surface area contributed by atoms with E-state index in [4.69, 9.17) is 4.42 Å². The fraction of sp³-hybridized carbons (Fsp3) is 0.111. The molecule has 0 bridgehead atoms. The van der Waals surface area contributed by atoms with Crippen LogP contribution in [0, 0.1) is 10.1 Å². The van der Waals surface area contributed by atoms with Gasteiger partial charge in [0.05, 0.1) is 24.5 Å². The minimum absolute atomic E-state index is 0.285. The summed E-state index contributed by atoms with van der Waals surface area (Å²) >= 11 is 4.88. The van der Waals surface area contributed by atoms with E-state index in [9.17, 15) is 10.1 Å². The maximum Gasteiger partial charge on any atom is 0.433 e. The number of benzene rings is 1. The van der Waals surface area contributed by atoms with Crippen molar-refractivity contribution in [2.24, 2.45) is 10.1 Å². The third kappa shape index (κ3) is 4.69. The van der Waals surface area contributed by atoms with Gasteiger partial charge in [-0.05, 0) is 25.1 Å². The Balaban J connectivity index is 2.03. The average Bonchev–Trinajstić information content (AvgIpc) is 3.26. The molecular formula is C18H15BrN4O3S. The monoisotopic (exact) mass is 446 g/mol. The van der Waals surface area contributed by atoms with Crippen molar-refractivity contribution in [3.8, 4) is 11.3 Å². The van der Waals surface area contributed by atoms with Crippen LogP contribution in [0.5, 0.6) is 0 Å². The van der Waals surface area contributed by atoms with Gasteiger partial charge < -0.3 is 4.42 Å². The standard InChI is InChI=1S/C18H15BrN4O3S/c1-12(2)9-20-18-22(21-10-15-7-8-17(26-15)23(24)25)16(11-27-18)13-3-5-14(19)6-4-13/h3-8,10-11H,1,9H2,2H3. The van der Waals surface area contributed by atoms with E-state index in [0.717, 1.165) is 21.3 Å². The molecule has 138 valence electrons. The number of rotatable bonds is 6. The van der Waals surface area contributed by atoms with Crippen LogP contribution < -0.4 is 4.80 Å². The number of nitrogens with zero attached hydrogens (tertiary/aromatic N) is 4. The second kappa shape index (κ2) is 8.28. The first-order valence-electron chi connectivity index (χ1n) is 7.84. The molecule has 0 N–H and O–H groups in total. The smallest absolute Gasteiger partial charge is 0.400 e. The van der Waals surface area contributed by atoms with Gasteiger partial charge in [-0.2, -0.15) is 5.10 Å². The van der Waals surface area contributed by atoms with Crippen molar-refractivity contribution >= 4 is 39.4 Å². The average molecular weight is 447 g/mol. The maximum atomic E-state index is 10.8. The van der Waals surface area contributed by atoms with E-state index in [0.29, 0.717) is 11.3 Å². The molecule has 0 aliphatic heterocycles. The number of hydrogen-bond donors (Lipinski definition) is 0. The molecule has 2 heterocycles. The van der Waals surface area contributed by atoms with Crippen LogP contribution in [0.3, 0.4) is 0 Å². The van der Waals surface area contributed by atoms with Crippen LogP contribution in [-0.4, -0.2) is 22.4 Å². The van der Waals surface area contributed by atoms with Crippen molar-refractivity contribution in [3.63, 3.8) is 0 Å². The molecule has 1 aromatic carbocycles. The van der Waals surface area contributed by atoms with Crippen LogP contribution >= 0.6 is 27.3 Å². The van der Waals surface area contributed by atoms with Gasteiger partial charge in [0.25, 0.3) is 0 Å². The summed E-state index contributed by atoms with van der Waals surface area (Å²) in [6, 6.07) is 10.6. The van der Waals surface area contributed by atoms with Crippen molar-refractivity contribution in [2.75, 3.05) is 6.54 Å². The van der Waals surface area contributed by atoms with Gasteiger partial charge in [-0.1, -0.05) is 40.2 Å². The Morgan fingerprint density at radius 3 is 2.74 bits per heavy atom. The molecule has 0 saturated carbocycles. The largest absolute Gasteiger partial charge is 0.433 e. The first-order chi connectivity index (χ1) is 12.9. The van der Waals surface area contributed by atoms with Crippen molar-refractivity contribution in [2.45, 2.75) is 6.92 Å². The van der Waals surface area contributed by atoms with E-state index < -0.39 is 4.92 Å². The SMILES string of the molecule is C=C(C)CN=c1scc(-c2ccc(Br)cc2)n1N=Cc1ccc([N+](=O)[O-])o1. The molecular weight excluding hydrogens is 432 g/mol. The first-order valence-corrected chi connectivity index (χ1v) is 9.51. The van der Waals surface area contributed by atoms with Crippen molar-refractivity contribution in [1.82, 2.24) is 4.68 Å². The first kappa shape index (κ1) is 19.0. The molecule has 3 aromatic rings. The zero-order valence-electron chi connectivity index (χ0n) is 14.3. The van der Waals surface area contributed by atoms with E-state index in [1.165, 1.54) is 29.7 Å². The molecule has 9 heteroatoms. The van der Waals surface area contributed by atoms with E-state index >= 15 is 0 Å². The lowest BCUT2D eigenvalue weighted by Crippen LogP contribution is -2.12. The Morgan fingerprint density at radius 2 is 2.11 bits per heavy atom. The summed E-state index contributed by atoms with van der Waals surface area (Å²) in [6.45, 7) is 6.26. The molecule has 0 amide bonds. The van der Waals surface area contributed by atoms with Crippen molar-refractivity contribution in [1.29, 1.82) is 0 Å². The van der Waals surface area contributed by atoms with Crippen LogP contribution in [0.4, 0.5) is 5.88 Å². The van der Waals surface area contributed by atoms with E-state index in [-0.39, 0.29) is 11.6 Å². The van der Waals surface area contributed by atoms with Gasteiger partial charge in [-0.25, -0.2) is 4.68 Å². The van der Waals surface area contributed by atoms with Gasteiger partial charge in [0.1, 0.15) is 4.92 Å². The molecule has 2 aromatic heterocycles. The van der Waals surface area contributed by atoms with Crippen LogP contribution in [0.15, 0.2) is 72.9 Å². The Bertz CT molecular complexity index is 1080. The zero-order valence-corrected chi connectivity index (χ0v) is 16.7. The molecule has 0 fully saturated rings. The lowest BCUT2D eigenvalue weighted by Gasteiger charge is -2.03. The van der Waals surface area contributed by atoms with Crippen LogP contribution in [-0.2, 0) is 0 Å². The van der Waals surface area contributed by atoms with Gasteiger partial charge in [-0.15, -0.1) is 11.3 Å².